The van der Waals surface area contributed by atoms with Crippen LogP contribution in [0.15, 0.2) is 24.3 Å². The molecule has 3 heteroatoms. The van der Waals surface area contributed by atoms with Crippen LogP contribution >= 0.6 is 0 Å². The fraction of sp³-hybridized carbons (Fsp3) is 0.625. The van der Waals surface area contributed by atoms with Crippen LogP contribution in [-0.2, 0) is 11.2 Å². The summed E-state index contributed by atoms with van der Waals surface area (Å²) in [6, 6.07) is 8.30. The molecule has 0 bridgehead atoms. The van der Waals surface area contributed by atoms with Crippen molar-refractivity contribution in [1.82, 2.24) is 0 Å². The first-order chi connectivity index (χ1) is 9.29. The molecule has 1 fully saturated rings. The molecule has 106 valence electrons. The maximum Gasteiger partial charge on any atom is 0.0802 e. The number of hydrogen-bond acceptors (Lipinski definition) is 3. The van der Waals surface area contributed by atoms with Gasteiger partial charge in [-0.3, -0.25) is 0 Å². The number of aliphatic hydroxyl groups excluding tert-OH is 1. The van der Waals surface area contributed by atoms with Crippen molar-refractivity contribution in [3.05, 3.63) is 35.4 Å². The lowest BCUT2D eigenvalue weighted by Crippen LogP contribution is -2.16. The Morgan fingerprint density at radius 1 is 1.32 bits per heavy atom. The van der Waals surface area contributed by atoms with Crippen molar-refractivity contribution in [3.8, 4) is 0 Å². The number of aliphatic hydroxyl groups is 1. The van der Waals surface area contributed by atoms with Crippen LogP contribution in [0.1, 0.15) is 42.9 Å². The van der Waals surface area contributed by atoms with Gasteiger partial charge in [-0.2, -0.15) is 0 Å². The highest BCUT2D eigenvalue weighted by Gasteiger charge is 2.14. The van der Waals surface area contributed by atoms with Crippen molar-refractivity contribution in [2.24, 2.45) is 11.7 Å². The Hall–Kier alpha value is -0.900. The molecule has 1 atom stereocenters. The quantitative estimate of drug-likeness (QED) is 0.828. The normalized spacial score (nSPS) is 18.4. The lowest BCUT2D eigenvalue weighted by atomic mass is 9.92. The highest BCUT2D eigenvalue weighted by atomic mass is 16.5. The first kappa shape index (κ1) is 14.5. The van der Waals surface area contributed by atoms with E-state index >= 15 is 0 Å². The van der Waals surface area contributed by atoms with Crippen molar-refractivity contribution in [2.75, 3.05) is 19.8 Å². The molecule has 0 saturated carbocycles. The van der Waals surface area contributed by atoms with E-state index in [1.165, 1.54) is 24.8 Å². The van der Waals surface area contributed by atoms with E-state index in [0.29, 0.717) is 13.0 Å². The van der Waals surface area contributed by atoms with Crippen molar-refractivity contribution < 1.29 is 9.84 Å². The average Bonchev–Trinajstić information content (AvgIpc) is 2.47. The number of aryl methyl sites for hydroxylation is 1. The van der Waals surface area contributed by atoms with Gasteiger partial charge in [-0.05, 0) is 55.7 Å². The fourth-order valence-corrected chi connectivity index (χ4v) is 2.69. The van der Waals surface area contributed by atoms with Gasteiger partial charge in [0.15, 0.2) is 0 Å². The second-order valence-corrected chi connectivity index (χ2v) is 5.43. The number of hydrogen-bond donors (Lipinski definition) is 2. The van der Waals surface area contributed by atoms with E-state index in [9.17, 15) is 5.11 Å². The fourth-order valence-electron chi connectivity index (χ4n) is 2.69. The molecule has 1 unspecified atom stereocenters. The van der Waals surface area contributed by atoms with Crippen LogP contribution in [0.4, 0.5) is 0 Å². The van der Waals surface area contributed by atoms with Gasteiger partial charge in [0.25, 0.3) is 0 Å². The summed E-state index contributed by atoms with van der Waals surface area (Å²) in [6.45, 7) is 2.35. The van der Waals surface area contributed by atoms with Gasteiger partial charge in [-0.15, -0.1) is 0 Å². The molecule has 0 radical (unpaired) electrons. The third kappa shape index (κ3) is 4.60. The highest BCUT2D eigenvalue weighted by molar-refractivity contribution is 5.25. The molecular weight excluding hydrogens is 238 g/mol. The van der Waals surface area contributed by atoms with Crippen LogP contribution in [0.2, 0.25) is 0 Å². The zero-order valence-electron chi connectivity index (χ0n) is 11.6. The Balaban J connectivity index is 1.87. The minimum absolute atomic E-state index is 0.423. The Kier molecular flexibility index (Phi) is 5.83. The van der Waals surface area contributed by atoms with Crippen molar-refractivity contribution in [1.29, 1.82) is 0 Å². The summed E-state index contributed by atoms with van der Waals surface area (Å²) in [7, 11) is 0. The van der Waals surface area contributed by atoms with Gasteiger partial charge in [0.05, 0.1) is 6.10 Å². The molecule has 1 saturated heterocycles. The molecule has 1 aromatic rings. The van der Waals surface area contributed by atoms with E-state index in [2.05, 4.69) is 12.1 Å². The van der Waals surface area contributed by atoms with Crippen LogP contribution in [0.25, 0.3) is 0 Å². The summed E-state index contributed by atoms with van der Waals surface area (Å²) in [5.74, 6) is 0.798. The highest BCUT2D eigenvalue weighted by Crippen LogP contribution is 2.22. The van der Waals surface area contributed by atoms with Crippen molar-refractivity contribution in [3.63, 3.8) is 0 Å². The van der Waals surface area contributed by atoms with Gasteiger partial charge in [0.1, 0.15) is 0 Å². The molecule has 0 aromatic heterocycles. The zero-order chi connectivity index (χ0) is 13.5. The SMILES string of the molecule is NCCC(O)c1cccc(CCC2CCOCC2)c1. The summed E-state index contributed by atoms with van der Waals surface area (Å²) in [5.41, 5.74) is 7.80. The Morgan fingerprint density at radius 3 is 2.84 bits per heavy atom. The molecule has 1 aliphatic heterocycles. The van der Waals surface area contributed by atoms with Crippen molar-refractivity contribution in [2.45, 2.75) is 38.2 Å². The van der Waals surface area contributed by atoms with Gasteiger partial charge in [0.2, 0.25) is 0 Å². The smallest absolute Gasteiger partial charge is 0.0802 e. The summed E-state index contributed by atoms with van der Waals surface area (Å²) in [4.78, 5) is 0. The standard InChI is InChI=1S/C16H25NO2/c17-9-6-16(18)15-3-1-2-14(12-15)5-4-13-7-10-19-11-8-13/h1-3,12-13,16,18H,4-11,17H2. The van der Waals surface area contributed by atoms with Gasteiger partial charge in [-0.1, -0.05) is 24.3 Å². The van der Waals surface area contributed by atoms with Gasteiger partial charge in [-0.25, -0.2) is 0 Å². The van der Waals surface area contributed by atoms with Crippen LogP contribution in [0.5, 0.6) is 0 Å². The molecule has 19 heavy (non-hydrogen) atoms. The molecule has 0 aliphatic carbocycles. The minimum Gasteiger partial charge on any atom is -0.388 e. The summed E-state index contributed by atoms with van der Waals surface area (Å²) in [5, 5.41) is 9.97. The van der Waals surface area contributed by atoms with E-state index in [4.69, 9.17) is 10.5 Å². The lowest BCUT2D eigenvalue weighted by molar-refractivity contribution is 0.0640. The summed E-state index contributed by atoms with van der Waals surface area (Å²) in [6.07, 6.45) is 4.90. The maximum absolute atomic E-state index is 9.97. The van der Waals surface area contributed by atoms with Crippen molar-refractivity contribution >= 4 is 0 Å². The van der Waals surface area contributed by atoms with E-state index in [0.717, 1.165) is 31.1 Å². The van der Waals surface area contributed by atoms with E-state index < -0.39 is 6.10 Å². The molecule has 1 aromatic carbocycles. The lowest BCUT2D eigenvalue weighted by Gasteiger charge is -2.22. The first-order valence-corrected chi connectivity index (χ1v) is 7.34. The average molecular weight is 263 g/mol. The molecule has 3 N–H and O–H groups in total. The van der Waals surface area contributed by atoms with Crippen LogP contribution in [-0.4, -0.2) is 24.9 Å². The van der Waals surface area contributed by atoms with E-state index in [1.807, 2.05) is 12.1 Å². The predicted molar refractivity (Wildman–Crippen MR) is 76.9 cm³/mol. The van der Waals surface area contributed by atoms with Crippen LogP contribution in [0, 0.1) is 5.92 Å². The maximum atomic E-state index is 9.97. The Morgan fingerprint density at radius 2 is 2.11 bits per heavy atom. The molecule has 3 nitrogen and oxygen atoms in total. The number of rotatable bonds is 6. The Labute approximate surface area is 115 Å². The second kappa shape index (κ2) is 7.63. The molecular formula is C16H25NO2. The third-order valence-electron chi connectivity index (χ3n) is 3.96. The van der Waals surface area contributed by atoms with Gasteiger partial charge >= 0.3 is 0 Å². The minimum atomic E-state index is -0.423. The molecule has 1 aliphatic rings. The summed E-state index contributed by atoms with van der Waals surface area (Å²) < 4.78 is 5.38. The largest absolute Gasteiger partial charge is 0.388 e. The Bertz CT molecular complexity index is 375. The van der Waals surface area contributed by atoms with Gasteiger partial charge < -0.3 is 15.6 Å². The molecule has 2 rings (SSSR count). The summed E-state index contributed by atoms with van der Waals surface area (Å²) >= 11 is 0. The van der Waals surface area contributed by atoms with Gasteiger partial charge in [0, 0.05) is 13.2 Å². The molecule has 1 heterocycles. The third-order valence-corrected chi connectivity index (χ3v) is 3.96. The number of ether oxygens (including phenoxy) is 1. The van der Waals surface area contributed by atoms with Crippen LogP contribution in [0.3, 0.4) is 0 Å². The molecule has 0 amide bonds. The van der Waals surface area contributed by atoms with Crippen LogP contribution < -0.4 is 5.73 Å². The van der Waals surface area contributed by atoms with E-state index in [1.54, 1.807) is 0 Å². The second-order valence-electron chi connectivity index (χ2n) is 5.43. The van der Waals surface area contributed by atoms with E-state index in [-0.39, 0.29) is 0 Å². The monoisotopic (exact) mass is 263 g/mol. The first-order valence-electron chi connectivity index (χ1n) is 7.34. The topological polar surface area (TPSA) is 55.5 Å². The molecule has 0 spiro atoms. The number of benzene rings is 1. The number of nitrogens with two attached hydrogens (primary N) is 1. The zero-order valence-corrected chi connectivity index (χ0v) is 11.6. The predicted octanol–water partition coefficient (Wildman–Crippen LogP) is 2.43.